The van der Waals surface area contributed by atoms with Crippen LogP contribution < -0.4 is 10.1 Å². The maximum absolute atomic E-state index is 12.7. The zero-order valence-corrected chi connectivity index (χ0v) is 20.9. The van der Waals surface area contributed by atoms with Crippen molar-refractivity contribution < 1.29 is 19.0 Å². The second-order valence-corrected chi connectivity index (χ2v) is 9.41. The highest BCUT2D eigenvalue weighted by molar-refractivity contribution is 5.94. The summed E-state index contributed by atoms with van der Waals surface area (Å²) < 4.78 is 17.5. The summed E-state index contributed by atoms with van der Waals surface area (Å²) in [7, 11) is 1.98. The average molecular weight is 492 g/mol. The van der Waals surface area contributed by atoms with E-state index in [-0.39, 0.29) is 18.1 Å². The molecule has 1 saturated heterocycles. The van der Waals surface area contributed by atoms with Crippen LogP contribution in [0, 0.1) is 0 Å². The van der Waals surface area contributed by atoms with Crippen molar-refractivity contribution in [1.29, 1.82) is 0 Å². The van der Waals surface area contributed by atoms with E-state index in [0.29, 0.717) is 45.1 Å². The molecule has 3 aromatic rings. The third-order valence-corrected chi connectivity index (χ3v) is 6.70. The van der Waals surface area contributed by atoms with Gasteiger partial charge in [-0.05, 0) is 44.5 Å². The third-order valence-electron chi connectivity index (χ3n) is 6.70. The maximum Gasteiger partial charge on any atom is 0.323 e. The Morgan fingerprint density at radius 3 is 2.81 bits per heavy atom. The number of likely N-dealkylation sites (N-methyl/N-ethyl adjacent to an activating group) is 1. The van der Waals surface area contributed by atoms with Crippen LogP contribution in [0.5, 0.6) is 5.75 Å². The summed E-state index contributed by atoms with van der Waals surface area (Å²) in [6.07, 6.45) is 8.64. The van der Waals surface area contributed by atoms with Gasteiger partial charge in [-0.25, -0.2) is 9.97 Å². The number of ether oxygens (including phenoxy) is 3. The highest BCUT2D eigenvalue weighted by atomic mass is 16.5. The number of fused-ring (bicyclic) bond motifs is 3. The van der Waals surface area contributed by atoms with Crippen molar-refractivity contribution in [1.82, 2.24) is 19.9 Å². The van der Waals surface area contributed by atoms with Gasteiger partial charge in [0.25, 0.3) is 0 Å². The van der Waals surface area contributed by atoms with E-state index in [9.17, 15) is 4.79 Å². The number of nitrogens with one attached hydrogen (secondary N) is 1. The van der Waals surface area contributed by atoms with Crippen molar-refractivity contribution in [2.45, 2.75) is 51.3 Å². The number of anilines is 1. The van der Waals surface area contributed by atoms with Crippen LogP contribution >= 0.6 is 0 Å². The van der Waals surface area contributed by atoms with Crippen molar-refractivity contribution in [3.05, 3.63) is 42.6 Å². The second-order valence-electron chi connectivity index (χ2n) is 9.41. The van der Waals surface area contributed by atoms with Gasteiger partial charge in [0.05, 0.1) is 30.6 Å². The Kier molecular flexibility index (Phi) is 7.58. The summed E-state index contributed by atoms with van der Waals surface area (Å²) in [6, 6.07) is 5.99. The number of benzene rings is 1. The molecule has 0 unspecified atom stereocenters. The summed E-state index contributed by atoms with van der Waals surface area (Å²) in [6.45, 7) is 4.71. The molecule has 2 aliphatic heterocycles. The molecule has 0 amide bonds. The predicted octanol–water partition coefficient (Wildman–Crippen LogP) is 3.82. The van der Waals surface area contributed by atoms with Crippen molar-refractivity contribution >= 4 is 22.6 Å². The molecule has 1 aromatic carbocycles. The molecular formula is C27H33N5O4. The van der Waals surface area contributed by atoms with E-state index < -0.39 is 0 Å². The largest absolute Gasteiger partial charge is 0.492 e. The Morgan fingerprint density at radius 1 is 1.14 bits per heavy atom. The first-order chi connectivity index (χ1) is 17.6. The van der Waals surface area contributed by atoms with Crippen LogP contribution in [0.1, 0.15) is 38.4 Å². The lowest BCUT2D eigenvalue weighted by Gasteiger charge is -2.36. The average Bonchev–Trinajstić information content (AvgIpc) is 2.89. The molecule has 2 atom stereocenters. The molecule has 1 fully saturated rings. The first-order valence-corrected chi connectivity index (χ1v) is 12.7. The fourth-order valence-corrected chi connectivity index (χ4v) is 4.74. The van der Waals surface area contributed by atoms with E-state index in [1.54, 1.807) is 12.4 Å². The zero-order valence-electron chi connectivity index (χ0n) is 20.9. The lowest BCUT2D eigenvalue weighted by Crippen LogP contribution is -2.49. The van der Waals surface area contributed by atoms with E-state index in [2.05, 4.69) is 33.2 Å². The molecule has 2 aromatic heterocycles. The molecule has 0 radical (unpaired) electrons. The topological polar surface area (TPSA) is 98.7 Å². The van der Waals surface area contributed by atoms with E-state index in [0.717, 1.165) is 52.9 Å². The first kappa shape index (κ1) is 24.4. The van der Waals surface area contributed by atoms with Gasteiger partial charge >= 0.3 is 5.97 Å². The number of cyclic esters (lactones) is 1. The Bertz CT molecular complexity index is 1200. The fourth-order valence-electron chi connectivity index (χ4n) is 4.74. The van der Waals surface area contributed by atoms with Crippen molar-refractivity contribution in [2.24, 2.45) is 0 Å². The summed E-state index contributed by atoms with van der Waals surface area (Å²) in [5, 5.41) is 4.51. The molecule has 0 spiro atoms. The molecule has 190 valence electrons. The van der Waals surface area contributed by atoms with Crippen LogP contribution in [-0.2, 0) is 20.9 Å². The Hall–Kier alpha value is -3.30. The van der Waals surface area contributed by atoms with E-state index >= 15 is 0 Å². The molecule has 0 aliphatic carbocycles. The number of carbonyl (C=O) groups excluding carboxylic acids is 1. The monoisotopic (exact) mass is 491 g/mol. The molecule has 2 aliphatic rings. The number of hydrogen-bond donors (Lipinski definition) is 1. The normalized spacial score (nSPS) is 20.9. The quantitative estimate of drug-likeness (QED) is 0.422. The van der Waals surface area contributed by atoms with Gasteiger partial charge in [0.15, 0.2) is 5.82 Å². The number of hydrogen-bond acceptors (Lipinski definition) is 9. The number of pyridine rings is 1. The highest BCUT2D eigenvalue weighted by Crippen LogP contribution is 2.37. The minimum Gasteiger partial charge on any atom is -0.492 e. The minimum absolute atomic E-state index is 0.157. The van der Waals surface area contributed by atoms with Crippen LogP contribution in [0.2, 0.25) is 0 Å². The number of aromatic nitrogens is 3. The number of esters is 1. The number of likely N-dealkylation sites (tertiary alicyclic amines) is 1. The van der Waals surface area contributed by atoms with Crippen molar-refractivity contribution in [2.75, 3.05) is 38.7 Å². The highest BCUT2D eigenvalue weighted by Gasteiger charge is 2.32. The van der Waals surface area contributed by atoms with Crippen molar-refractivity contribution in [3.8, 4) is 16.9 Å². The number of carbonyl (C=O) groups is 1. The van der Waals surface area contributed by atoms with Gasteiger partial charge in [-0.2, -0.15) is 0 Å². The van der Waals surface area contributed by atoms with Gasteiger partial charge in [0.2, 0.25) is 0 Å². The summed E-state index contributed by atoms with van der Waals surface area (Å²) in [5.74, 6) is 1.21. The van der Waals surface area contributed by atoms with Gasteiger partial charge in [0.1, 0.15) is 18.4 Å². The van der Waals surface area contributed by atoms with Crippen LogP contribution in [-0.4, -0.2) is 71.3 Å². The van der Waals surface area contributed by atoms with Crippen LogP contribution in [0.4, 0.5) is 5.69 Å². The lowest BCUT2D eigenvalue weighted by atomic mass is 9.97. The fraction of sp³-hybridized carbons (Fsp3) is 0.481. The van der Waals surface area contributed by atoms with Crippen LogP contribution in [0.25, 0.3) is 22.0 Å². The molecule has 9 heteroatoms. The molecule has 1 N–H and O–H groups in total. The molecule has 36 heavy (non-hydrogen) atoms. The Morgan fingerprint density at radius 2 is 1.97 bits per heavy atom. The van der Waals surface area contributed by atoms with Gasteiger partial charge in [-0.3, -0.25) is 14.7 Å². The van der Waals surface area contributed by atoms with E-state index in [4.69, 9.17) is 19.2 Å². The molecular weight excluding hydrogens is 458 g/mol. The summed E-state index contributed by atoms with van der Waals surface area (Å²) in [4.78, 5) is 28.5. The predicted molar refractivity (Wildman–Crippen MR) is 137 cm³/mol. The molecule has 9 nitrogen and oxygen atoms in total. The summed E-state index contributed by atoms with van der Waals surface area (Å²) in [5.41, 5.74) is 3.51. The lowest BCUT2D eigenvalue weighted by molar-refractivity contribution is -0.151. The van der Waals surface area contributed by atoms with Gasteiger partial charge in [-0.15, -0.1) is 0 Å². The Labute approximate surface area is 211 Å². The van der Waals surface area contributed by atoms with Gasteiger partial charge in [0, 0.05) is 54.5 Å². The van der Waals surface area contributed by atoms with Gasteiger partial charge in [-0.1, -0.05) is 6.92 Å². The number of piperidine rings is 1. The van der Waals surface area contributed by atoms with Gasteiger partial charge < -0.3 is 19.5 Å². The number of nitrogens with zero attached hydrogens (tertiary/aromatic N) is 4. The minimum atomic E-state index is -0.244. The van der Waals surface area contributed by atoms with Crippen LogP contribution in [0.15, 0.2) is 36.8 Å². The third kappa shape index (κ3) is 5.42. The SMILES string of the molecule is CCCOCc1ncc(-c2ccc3ncc4cc3c2OCCCOC(=O)[C@@H]2C[C@H](CCN2C)N4)cn1. The van der Waals surface area contributed by atoms with E-state index in [1.165, 1.54) is 0 Å². The molecule has 4 heterocycles. The Balaban J connectivity index is 1.48. The molecule has 0 saturated carbocycles. The second kappa shape index (κ2) is 11.2. The molecule has 5 rings (SSSR count). The standard InChI is InChI=1S/C27H33N5O4/c1-3-9-34-17-25-29-14-18(15-30-25)21-5-6-23-22-12-20(16-28-23)31-19-7-8-32(2)24(13-19)27(33)36-11-4-10-35-26(21)22/h5-6,12,14-16,19,24,31H,3-4,7-11,13,17H2,1-2H3/t19-,24-/m0/s1. The first-order valence-electron chi connectivity index (χ1n) is 12.7. The summed E-state index contributed by atoms with van der Waals surface area (Å²) >= 11 is 0. The van der Waals surface area contributed by atoms with Crippen LogP contribution in [0.3, 0.4) is 0 Å². The van der Waals surface area contributed by atoms with E-state index in [1.807, 2.05) is 25.4 Å². The smallest absolute Gasteiger partial charge is 0.323 e. The number of rotatable bonds is 5. The maximum atomic E-state index is 12.7. The van der Waals surface area contributed by atoms with Crippen molar-refractivity contribution in [3.63, 3.8) is 0 Å². The molecule has 4 bridgehead atoms. The zero-order chi connectivity index (χ0) is 24.9.